The van der Waals surface area contributed by atoms with E-state index in [1.807, 2.05) is 26.0 Å². The van der Waals surface area contributed by atoms with Crippen LogP contribution in [-0.4, -0.2) is 83.3 Å². The largest absolute Gasteiger partial charge is 0.478 e. The number of nitrogens with two attached hydrogens (primary N) is 4. The molecule has 4 aromatic carbocycles. The Hall–Kier alpha value is -8.56. The molecule has 2 heterocycles. The summed E-state index contributed by atoms with van der Waals surface area (Å²) in [5, 5.41) is 14.7. The van der Waals surface area contributed by atoms with Crippen LogP contribution < -0.4 is 33.6 Å². The Labute approximate surface area is 420 Å². The third-order valence-corrected chi connectivity index (χ3v) is 11.5. The van der Waals surface area contributed by atoms with Crippen LogP contribution in [0.5, 0.6) is 0 Å². The lowest BCUT2D eigenvalue weighted by Crippen LogP contribution is -2.36. The van der Waals surface area contributed by atoms with Gasteiger partial charge in [0, 0.05) is 44.3 Å². The van der Waals surface area contributed by atoms with E-state index in [1.54, 1.807) is 73.0 Å². The van der Waals surface area contributed by atoms with Crippen molar-refractivity contribution in [2.45, 2.75) is 80.3 Å². The molecule has 0 fully saturated rings. The Balaban J connectivity index is 0.000000271. The molecule has 0 spiro atoms. The van der Waals surface area contributed by atoms with E-state index in [9.17, 15) is 42.7 Å². The Morgan fingerprint density at radius 3 is 1.51 bits per heavy atom. The van der Waals surface area contributed by atoms with Crippen molar-refractivity contribution in [1.29, 1.82) is 0 Å². The summed E-state index contributed by atoms with van der Waals surface area (Å²) in [7, 11) is 0. The monoisotopic (exact) mass is 1000 g/mol. The predicted octanol–water partition coefficient (Wildman–Crippen LogP) is 4.93. The van der Waals surface area contributed by atoms with Gasteiger partial charge in [-0.3, -0.25) is 33.8 Å². The number of aryl methyl sites for hydroxylation is 4. The van der Waals surface area contributed by atoms with Crippen LogP contribution in [0, 0.1) is 39.3 Å². The van der Waals surface area contributed by atoms with E-state index in [4.69, 9.17) is 22.9 Å². The average Bonchev–Trinajstić information content (AvgIpc) is 3.30. The zero-order valence-electron chi connectivity index (χ0n) is 41.3. The molecule has 0 unspecified atom stereocenters. The van der Waals surface area contributed by atoms with Crippen molar-refractivity contribution < 1.29 is 42.7 Å². The third-order valence-electron chi connectivity index (χ3n) is 11.5. The van der Waals surface area contributed by atoms with Gasteiger partial charge in [0.05, 0.1) is 30.0 Å². The number of benzene rings is 4. The number of carbonyl (C=O) groups excluding carboxylic acids is 5. The number of halogens is 2. The number of hydrogen-bond donors (Lipinski definition) is 7. The molecule has 0 aliphatic rings. The third kappa shape index (κ3) is 16.2. The van der Waals surface area contributed by atoms with E-state index in [0.717, 1.165) is 27.8 Å². The SMILES string of the molecule is CC(=O)c1ccc([C@H](C)N(CC(N)=O)Cc2cc(C(=O)NCc3ccc(F)c(C)c3)nc(N)n2)cc1C.Cc1cc(CNC(=O)c2cc(CN(CC(N)=O)Cc3ccc(C(=O)O)c(C)c3)nc(N)n2)ccc1F. The van der Waals surface area contributed by atoms with Crippen molar-refractivity contribution in [1.82, 2.24) is 40.4 Å². The molecule has 6 aromatic rings. The molecule has 6 rings (SSSR count). The first kappa shape index (κ1) is 55.4. The van der Waals surface area contributed by atoms with Crippen LogP contribution in [0.4, 0.5) is 20.7 Å². The summed E-state index contributed by atoms with van der Waals surface area (Å²) in [5.74, 6) is -3.95. The number of nitrogens with one attached hydrogen (secondary N) is 2. The van der Waals surface area contributed by atoms with Crippen LogP contribution in [-0.2, 0) is 42.3 Å². The first-order chi connectivity index (χ1) is 34.4. The lowest BCUT2D eigenvalue weighted by molar-refractivity contribution is -0.120. The van der Waals surface area contributed by atoms with Crippen LogP contribution in [0.25, 0.3) is 0 Å². The number of amides is 4. The number of nitrogens with zero attached hydrogens (tertiary/aromatic N) is 6. The molecule has 0 radical (unpaired) electrons. The lowest BCUT2D eigenvalue weighted by Gasteiger charge is -2.28. The van der Waals surface area contributed by atoms with Crippen molar-refractivity contribution in [2.24, 2.45) is 11.5 Å². The van der Waals surface area contributed by atoms with Crippen LogP contribution in [0.15, 0.2) is 84.9 Å². The minimum absolute atomic E-state index is 0.0254. The summed E-state index contributed by atoms with van der Waals surface area (Å²) < 4.78 is 27.0. The van der Waals surface area contributed by atoms with E-state index in [1.165, 1.54) is 37.3 Å². The molecule has 19 nitrogen and oxygen atoms in total. The van der Waals surface area contributed by atoms with Gasteiger partial charge >= 0.3 is 5.97 Å². The highest BCUT2D eigenvalue weighted by Crippen LogP contribution is 2.25. The summed E-state index contributed by atoms with van der Waals surface area (Å²) >= 11 is 0. The second-order valence-electron chi connectivity index (χ2n) is 17.5. The summed E-state index contributed by atoms with van der Waals surface area (Å²) in [5.41, 5.74) is 29.9. The zero-order valence-corrected chi connectivity index (χ0v) is 41.3. The molecule has 4 amide bonds. The second-order valence-corrected chi connectivity index (χ2v) is 17.5. The second kappa shape index (κ2) is 25.0. The first-order valence-corrected chi connectivity index (χ1v) is 22.8. The van der Waals surface area contributed by atoms with Crippen LogP contribution in [0.2, 0.25) is 0 Å². The van der Waals surface area contributed by atoms with Crippen molar-refractivity contribution in [3.05, 3.63) is 175 Å². The summed E-state index contributed by atoms with van der Waals surface area (Å²) in [6, 6.07) is 22.3. The van der Waals surface area contributed by atoms with Gasteiger partial charge in [0.2, 0.25) is 23.7 Å². The van der Waals surface area contributed by atoms with Gasteiger partial charge in [-0.2, -0.15) is 0 Å². The van der Waals surface area contributed by atoms with Gasteiger partial charge in [0.25, 0.3) is 11.8 Å². The molecule has 0 aliphatic heterocycles. The van der Waals surface area contributed by atoms with E-state index >= 15 is 0 Å². The topological polar surface area (TPSA) is 309 Å². The predicted molar refractivity (Wildman–Crippen MR) is 268 cm³/mol. The smallest absolute Gasteiger partial charge is 0.335 e. The zero-order chi connectivity index (χ0) is 53.7. The summed E-state index contributed by atoms with van der Waals surface area (Å²) in [6.07, 6.45) is 0. The molecule has 382 valence electrons. The van der Waals surface area contributed by atoms with E-state index in [0.29, 0.717) is 33.6 Å². The quantitative estimate of drug-likeness (QED) is 0.0499. The van der Waals surface area contributed by atoms with Gasteiger partial charge in [-0.1, -0.05) is 54.6 Å². The molecule has 1 atom stereocenters. The molecule has 0 aliphatic carbocycles. The van der Waals surface area contributed by atoms with E-state index in [-0.39, 0.29) is 98.1 Å². The molecular formula is C52H58F2N12O7. The van der Waals surface area contributed by atoms with Crippen molar-refractivity contribution in [3.63, 3.8) is 0 Å². The molecular weight excluding hydrogens is 943 g/mol. The highest BCUT2D eigenvalue weighted by Gasteiger charge is 2.22. The molecule has 21 heteroatoms. The number of carbonyl (C=O) groups is 6. The van der Waals surface area contributed by atoms with Crippen LogP contribution in [0.3, 0.4) is 0 Å². The number of Topliss-reactive ketones (excluding diaryl/α,β-unsaturated/α-hetero) is 1. The number of nitrogen functional groups attached to an aromatic ring is 2. The van der Waals surface area contributed by atoms with Crippen molar-refractivity contribution in [3.8, 4) is 0 Å². The number of rotatable bonds is 20. The number of anilines is 2. The van der Waals surface area contributed by atoms with Crippen molar-refractivity contribution in [2.75, 3.05) is 24.6 Å². The fourth-order valence-electron chi connectivity index (χ4n) is 7.84. The standard InChI is InChI=1S/C27H31FN6O3.C25H27FN6O4/c1-15-10-20(6-7-22(15)18(4)35)17(3)34(14-25(29)36)13-21-11-24(33-27(30)32-21)26(37)31-12-19-5-8-23(28)16(2)9-19;1-14-7-17(3-5-19(14)24(35)36)11-32(13-22(27)33)12-18-9-21(31-25(28)30-18)23(34)29-10-16-4-6-20(26)15(2)8-16/h5-11,17H,12-14H2,1-4H3,(H2,29,36)(H,31,37)(H2,30,32,33);3-9H,10-13H2,1-2H3,(H2,27,33)(H,29,34)(H,35,36)(H2,28,30,31)/t17-;/m0./s1. The Morgan fingerprint density at radius 1 is 0.589 bits per heavy atom. The number of aromatic nitrogens is 4. The van der Waals surface area contributed by atoms with Gasteiger partial charge in [-0.05, 0) is 116 Å². The fraction of sp³-hybridized carbons (Fsp3) is 0.269. The fourth-order valence-corrected chi connectivity index (χ4v) is 7.84. The minimum Gasteiger partial charge on any atom is -0.478 e. The van der Waals surface area contributed by atoms with Gasteiger partial charge in [0.15, 0.2) is 5.78 Å². The molecule has 0 saturated carbocycles. The van der Waals surface area contributed by atoms with E-state index in [2.05, 4.69) is 30.6 Å². The van der Waals surface area contributed by atoms with Gasteiger partial charge in [0.1, 0.15) is 23.0 Å². The van der Waals surface area contributed by atoms with Gasteiger partial charge in [-0.25, -0.2) is 33.5 Å². The first-order valence-electron chi connectivity index (χ1n) is 22.8. The molecule has 2 aromatic heterocycles. The van der Waals surface area contributed by atoms with Crippen LogP contribution >= 0.6 is 0 Å². The number of aromatic carboxylic acids is 1. The number of hydrogen-bond acceptors (Lipinski definition) is 14. The van der Waals surface area contributed by atoms with Crippen LogP contribution in [0.1, 0.15) is 117 Å². The Kier molecular flexibility index (Phi) is 19.0. The number of carboxylic acid groups (broad SMARTS) is 1. The molecule has 73 heavy (non-hydrogen) atoms. The molecule has 0 saturated heterocycles. The Bertz CT molecular complexity index is 3060. The van der Waals surface area contributed by atoms with Crippen molar-refractivity contribution >= 4 is 47.3 Å². The Morgan fingerprint density at radius 2 is 1.05 bits per heavy atom. The summed E-state index contributed by atoms with van der Waals surface area (Å²) in [6.45, 7) is 11.0. The molecule has 11 N–H and O–H groups in total. The van der Waals surface area contributed by atoms with Gasteiger partial charge < -0.3 is 38.7 Å². The number of ketones is 1. The molecule has 0 bridgehead atoms. The average molecular weight is 1000 g/mol. The highest BCUT2D eigenvalue weighted by molar-refractivity contribution is 5.95. The van der Waals surface area contributed by atoms with E-state index < -0.39 is 29.6 Å². The lowest BCUT2D eigenvalue weighted by atomic mass is 9.98. The maximum Gasteiger partial charge on any atom is 0.335 e. The van der Waals surface area contributed by atoms with Gasteiger partial charge in [-0.15, -0.1) is 0 Å². The minimum atomic E-state index is -1.02. The normalized spacial score (nSPS) is 11.4. The maximum atomic E-state index is 13.5. The number of primary amides is 2. The number of carboxylic acids is 1. The highest BCUT2D eigenvalue weighted by atomic mass is 19.1. The summed E-state index contributed by atoms with van der Waals surface area (Å²) in [4.78, 5) is 92.0. The maximum absolute atomic E-state index is 13.5.